The summed E-state index contributed by atoms with van der Waals surface area (Å²) < 4.78 is 11.2. The molecule has 0 fully saturated rings. The van der Waals surface area contributed by atoms with E-state index in [0.29, 0.717) is 18.7 Å². The van der Waals surface area contributed by atoms with E-state index in [1.807, 2.05) is 19.1 Å². The fraction of sp³-hybridized carbons (Fsp3) is 0.417. The highest BCUT2D eigenvalue weighted by atomic mass is 32.2. The molecule has 0 aliphatic heterocycles. The van der Waals surface area contributed by atoms with Crippen LogP contribution in [-0.2, 0) is 17.3 Å². The van der Waals surface area contributed by atoms with E-state index in [9.17, 15) is 4.21 Å². The van der Waals surface area contributed by atoms with E-state index in [-0.39, 0.29) is 11.1 Å². The zero-order valence-corrected chi connectivity index (χ0v) is 11.4. The van der Waals surface area contributed by atoms with Crippen LogP contribution in [-0.4, -0.2) is 33.3 Å². The van der Waals surface area contributed by atoms with Gasteiger partial charge in [-0.1, -0.05) is 29.4 Å². The molecular formula is C12H19N3O2S. The SMILES string of the molecule is CC(CNCc1ccc(/C(N)=N/O)cc1)S(C)=O. The van der Waals surface area contributed by atoms with Gasteiger partial charge in [0.2, 0.25) is 0 Å². The largest absolute Gasteiger partial charge is 0.409 e. The molecule has 6 heteroatoms. The van der Waals surface area contributed by atoms with Gasteiger partial charge in [-0.2, -0.15) is 0 Å². The monoisotopic (exact) mass is 269 g/mol. The van der Waals surface area contributed by atoms with Gasteiger partial charge in [0.1, 0.15) is 0 Å². The third kappa shape index (κ3) is 4.46. The molecule has 0 aromatic heterocycles. The number of benzene rings is 1. The van der Waals surface area contributed by atoms with Crippen molar-refractivity contribution in [1.82, 2.24) is 5.32 Å². The molecule has 0 heterocycles. The van der Waals surface area contributed by atoms with Gasteiger partial charge in [-0.25, -0.2) is 0 Å². The van der Waals surface area contributed by atoms with Gasteiger partial charge in [-0.3, -0.25) is 4.21 Å². The Morgan fingerprint density at radius 3 is 2.61 bits per heavy atom. The number of nitrogens with one attached hydrogen (secondary N) is 1. The van der Waals surface area contributed by atoms with Gasteiger partial charge < -0.3 is 16.3 Å². The number of amidine groups is 1. The minimum absolute atomic E-state index is 0.101. The summed E-state index contributed by atoms with van der Waals surface area (Å²) in [5.74, 6) is 0.101. The zero-order chi connectivity index (χ0) is 13.5. The van der Waals surface area contributed by atoms with Crippen LogP contribution < -0.4 is 11.1 Å². The molecule has 0 bridgehead atoms. The second kappa shape index (κ2) is 7.13. The Kier molecular flexibility index (Phi) is 5.80. The predicted molar refractivity (Wildman–Crippen MR) is 74.2 cm³/mol. The third-order valence-electron chi connectivity index (χ3n) is 2.68. The molecule has 1 rings (SSSR count). The van der Waals surface area contributed by atoms with Crippen molar-refractivity contribution in [1.29, 1.82) is 0 Å². The van der Waals surface area contributed by atoms with Crippen molar-refractivity contribution in [3.05, 3.63) is 35.4 Å². The third-order valence-corrected chi connectivity index (χ3v) is 3.98. The number of hydrogen-bond acceptors (Lipinski definition) is 4. The first-order chi connectivity index (χ1) is 8.54. The average molecular weight is 269 g/mol. The molecule has 5 nitrogen and oxygen atoms in total. The van der Waals surface area contributed by atoms with E-state index in [1.54, 1.807) is 18.4 Å². The maximum absolute atomic E-state index is 11.2. The molecule has 0 aliphatic carbocycles. The van der Waals surface area contributed by atoms with E-state index in [1.165, 1.54) is 0 Å². The van der Waals surface area contributed by atoms with Crippen molar-refractivity contribution in [3.8, 4) is 0 Å². The van der Waals surface area contributed by atoms with Crippen molar-refractivity contribution < 1.29 is 9.42 Å². The number of nitrogens with zero attached hydrogens (tertiary/aromatic N) is 1. The molecule has 100 valence electrons. The van der Waals surface area contributed by atoms with Crippen LogP contribution in [0, 0.1) is 0 Å². The predicted octanol–water partition coefficient (Wildman–Crippen LogP) is 0.638. The fourth-order valence-corrected chi connectivity index (χ4v) is 1.74. The van der Waals surface area contributed by atoms with Crippen molar-refractivity contribution in [3.63, 3.8) is 0 Å². The topological polar surface area (TPSA) is 87.7 Å². The maximum atomic E-state index is 11.2. The van der Waals surface area contributed by atoms with Crippen LogP contribution in [0.15, 0.2) is 29.4 Å². The van der Waals surface area contributed by atoms with E-state index in [0.717, 1.165) is 5.56 Å². The standard InChI is InChI=1S/C12H19N3O2S/c1-9(18(2)17)7-14-8-10-3-5-11(6-4-10)12(13)15-16/h3-6,9,14,16H,7-8H2,1-2H3,(H2,13,15). The lowest BCUT2D eigenvalue weighted by molar-refractivity contribution is 0.318. The van der Waals surface area contributed by atoms with E-state index in [2.05, 4.69) is 10.5 Å². The van der Waals surface area contributed by atoms with Crippen molar-refractivity contribution in [2.45, 2.75) is 18.7 Å². The van der Waals surface area contributed by atoms with Crippen molar-refractivity contribution >= 4 is 16.6 Å². The molecule has 1 aromatic carbocycles. The second-order valence-electron chi connectivity index (χ2n) is 4.12. The minimum Gasteiger partial charge on any atom is -0.409 e. The number of rotatable bonds is 6. The van der Waals surface area contributed by atoms with E-state index >= 15 is 0 Å². The smallest absolute Gasteiger partial charge is 0.170 e. The Bertz CT molecular complexity index is 431. The summed E-state index contributed by atoms with van der Waals surface area (Å²) in [6, 6.07) is 7.42. The van der Waals surface area contributed by atoms with Gasteiger partial charge in [0, 0.05) is 41.0 Å². The van der Waals surface area contributed by atoms with Gasteiger partial charge >= 0.3 is 0 Å². The lowest BCUT2D eigenvalue weighted by Crippen LogP contribution is -2.27. The number of oxime groups is 1. The molecular weight excluding hydrogens is 250 g/mol. The lowest BCUT2D eigenvalue weighted by atomic mass is 10.1. The molecule has 0 saturated heterocycles. The van der Waals surface area contributed by atoms with Crippen LogP contribution in [0.25, 0.3) is 0 Å². The molecule has 2 atom stereocenters. The number of hydrogen-bond donors (Lipinski definition) is 3. The molecule has 0 aliphatic rings. The van der Waals surface area contributed by atoms with Gasteiger partial charge in [-0.05, 0) is 12.5 Å². The zero-order valence-electron chi connectivity index (χ0n) is 10.6. The van der Waals surface area contributed by atoms with E-state index in [4.69, 9.17) is 10.9 Å². The highest BCUT2D eigenvalue weighted by Gasteiger charge is 2.05. The molecule has 4 N–H and O–H groups in total. The first-order valence-electron chi connectivity index (χ1n) is 5.64. The van der Waals surface area contributed by atoms with Gasteiger partial charge in [0.25, 0.3) is 0 Å². The Balaban J connectivity index is 2.47. The Morgan fingerprint density at radius 2 is 2.11 bits per heavy atom. The van der Waals surface area contributed by atoms with Crippen LogP contribution >= 0.6 is 0 Å². The molecule has 2 unspecified atom stereocenters. The summed E-state index contributed by atoms with van der Waals surface area (Å²) in [5.41, 5.74) is 7.25. The molecule has 0 amide bonds. The summed E-state index contributed by atoms with van der Waals surface area (Å²) in [6.45, 7) is 3.37. The van der Waals surface area contributed by atoms with Crippen LogP contribution in [0.1, 0.15) is 18.1 Å². The van der Waals surface area contributed by atoms with Gasteiger partial charge in [0.05, 0.1) is 0 Å². The highest BCUT2D eigenvalue weighted by molar-refractivity contribution is 7.84. The molecule has 18 heavy (non-hydrogen) atoms. The van der Waals surface area contributed by atoms with Gasteiger partial charge in [0.15, 0.2) is 5.84 Å². The first-order valence-corrected chi connectivity index (χ1v) is 7.26. The Hall–Kier alpha value is -1.40. The maximum Gasteiger partial charge on any atom is 0.170 e. The average Bonchev–Trinajstić information content (AvgIpc) is 2.38. The summed E-state index contributed by atoms with van der Waals surface area (Å²) in [5, 5.41) is 14.9. The second-order valence-corrected chi connectivity index (χ2v) is 5.92. The van der Waals surface area contributed by atoms with Crippen LogP contribution in [0.4, 0.5) is 0 Å². The number of nitrogens with two attached hydrogens (primary N) is 1. The molecule has 1 aromatic rings. The molecule has 0 radical (unpaired) electrons. The minimum atomic E-state index is -0.802. The fourth-order valence-electron chi connectivity index (χ4n) is 1.39. The summed E-state index contributed by atoms with van der Waals surface area (Å²) in [7, 11) is -0.802. The van der Waals surface area contributed by atoms with Crippen LogP contribution in [0.3, 0.4) is 0 Å². The molecule has 0 spiro atoms. The van der Waals surface area contributed by atoms with Crippen LogP contribution in [0.5, 0.6) is 0 Å². The Labute approximate surface area is 110 Å². The molecule has 0 saturated carbocycles. The van der Waals surface area contributed by atoms with E-state index < -0.39 is 10.8 Å². The Morgan fingerprint density at radius 1 is 1.50 bits per heavy atom. The van der Waals surface area contributed by atoms with Gasteiger partial charge in [-0.15, -0.1) is 0 Å². The van der Waals surface area contributed by atoms with Crippen molar-refractivity contribution in [2.75, 3.05) is 12.8 Å². The van der Waals surface area contributed by atoms with Crippen LogP contribution in [0.2, 0.25) is 0 Å². The highest BCUT2D eigenvalue weighted by Crippen LogP contribution is 2.04. The quantitative estimate of drug-likeness (QED) is 0.306. The summed E-state index contributed by atoms with van der Waals surface area (Å²) in [6.07, 6.45) is 1.71. The normalized spacial score (nSPS) is 15.3. The summed E-state index contributed by atoms with van der Waals surface area (Å²) in [4.78, 5) is 0. The van der Waals surface area contributed by atoms with Crippen molar-refractivity contribution in [2.24, 2.45) is 10.9 Å². The summed E-state index contributed by atoms with van der Waals surface area (Å²) >= 11 is 0. The first kappa shape index (κ1) is 14.7. The lowest BCUT2D eigenvalue weighted by Gasteiger charge is -2.10.